The molecule has 1 saturated heterocycles. The van der Waals surface area contributed by atoms with Crippen LogP contribution in [-0.2, 0) is 11.2 Å². The first-order valence-corrected chi connectivity index (χ1v) is 10.6. The Kier molecular flexibility index (Phi) is 4.94. The van der Waals surface area contributed by atoms with E-state index in [9.17, 15) is 4.79 Å². The number of carbonyl (C=O) groups excluding carboxylic acids is 1. The molecule has 2 aliphatic heterocycles. The molecule has 1 N–H and O–H groups in total. The van der Waals surface area contributed by atoms with Gasteiger partial charge in [-0.25, -0.2) is 0 Å². The van der Waals surface area contributed by atoms with E-state index in [4.69, 9.17) is 36.2 Å². The minimum Gasteiger partial charge on any atom is -0.494 e. The van der Waals surface area contributed by atoms with E-state index < -0.39 is 25.1 Å². The largest absolute Gasteiger partial charge is 0.494 e. The zero-order valence-corrected chi connectivity index (χ0v) is 17.9. The van der Waals surface area contributed by atoms with Gasteiger partial charge >= 0.3 is 0 Å². The molecule has 0 aromatic heterocycles. The summed E-state index contributed by atoms with van der Waals surface area (Å²) in [6.45, 7) is 1.05. The molecule has 0 unspecified atom stereocenters. The van der Waals surface area contributed by atoms with Crippen LogP contribution in [0.5, 0.6) is 5.75 Å². The molecular formula is C23H27Cl2N3O2. The molecule has 4 rings (SSSR count). The average molecular weight is 454 g/mol. The Morgan fingerprint density at radius 1 is 1.10 bits per heavy atom. The van der Waals surface area contributed by atoms with Crippen molar-refractivity contribution in [2.75, 3.05) is 49.5 Å². The summed E-state index contributed by atoms with van der Waals surface area (Å²) < 4.78 is 54.4. The maximum atomic E-state index is 12.0. The van der Waals surface area contributed by atoms with Gasteiger partial charge in [-0.3, -0.25) is 9.69 Å². The number of amides is 1. The molecule has 2 aliphatic rings. The van der Waals surface area contributed by atoms with Crippen molar-refractivity contribution in [1.82, 2.24) is 4.90 Å². The molecule has 2 heterocycles. The highest BCUT2D eigenvalue weighted by atomic mass is 35.5. The number of aryl methyl sites for hydroxylation is 1. The standard InChI is InChI=1S/C23H27Cl2N3O2/c24-19-4-3-5-21(23(19)25)28-13-11-27(12-14-28)10-1-2-15-30-18-8-6-17-7-9-22(29)26-20(17)16-18/h3-6,8,16H,1-2,7,9-15H2,(H,26,29)/i7D2,9D2,10D2. The van der Waals surface area contributed by atoms with Crippen molar-refractivity contribution in [2.45, 2.75) is 25.6 Å². The van der Waals surface area contributed by atoms with Gasteiger partial charge in [-0.1, -0.05) is 35.3 Å². The van der Waals surface area contributed by atoms with Crippen LogP contribution in [-0.4, -0.2) is 50.1 Å². The van der Waals surface area contributed by atoms with Crippen LogP contribution in [0.4, 0.5) is 11.4 Å². The van der Waals surface area contributed by atoms with E-state index in [1.54, 1.807) is 6.07 Å². The lowest BCUT2D eigenvalue weighted by Crippen LogP contribution is -2.46. The number of fused-ring (bicyclic) bond motifs is 1. The number of piperazine rings is 1. The van der Waals surface area contributed by atoms with Crippen molar-refractivity contribution in [3.8, 4) is 5.75 Å². The molecular weight excluding hydrogens is 421 g/mol. The van der Waals surface area contributed by atoms with Crippen molar-refractivity contribution in [3.63, 3.8) is 0 Å². The Balaban J connectivity index is 1.28. The van der Waals surface area contributed by atoms with Gasteiger partial charge in [0, 0.05) is 52.5 Å². The molecule has 2 aromatic carbocycles. The Morgan fingerprint density at radius 2 is 1.93 bits per heavy atom. The first-order valence-electron chi connectivity index (χ1n) is 12.9. The number of benzene rings is 2. The van der Waals surface area contributed by atoms with Gasteiger partial charge in [0.1, 0.15) is 5.75 Å². The number of nitrogens with one attached hydrogen (secondary N) is 1. The first kappa shape index (κ1) is 15.0. The summed E-state index contributed by atoms with van der Waals surface area (Å²) in [5.74, 6) is -0.650. The van der Waals surface area contributed by atoms with E-state index in [1.165, 1.54) is 18.2 Å². The smallest absolute Gasteiger partial charge is 0.224 e. The maximum Gasteiger partial charge on any atom is 0.224 e. The normalized spacial score (nSPS) is 23.7. The van der Waals surface area contributed by atoms with Crippen LogP contribution in [0.1, 0.15) is 33.0 Å². The quantitative estimate of drug-likeness (QED) is 0.607. The van der Waals surface area contributed by atoms with Crippen molar-refractivity contribution < 1.29 is 17.8 Å². The molecule has 0 aliphatic carbocycles. The van der Waals surface area contributed by atoms with Crippen LogP contribution in [0.25, 0.3) is 0 Å². The second-order valence-electron chi connectivity index (χ2n) is 7.07. The second kappa shape index (κ2) is 9.90. The van der Waals surface area contributed by atoms with Crippen LogP contribution in [0.2, 0.25) is 10.0 Å². The molecule has 0 spiro atoms. The number of nitrogens with zero attached hydrogens (tertiary/aromatic N) is 2. The summed E-state index contributed by atoms with van der Waals surface area (Å²) in [7, 11) is 0. The molecule has 0 saturated carbocycles. The molecule has 1 fully saturated rings. The monoisotopic (exact) mass is 453 g/mol. The predicted octanol–water partition coefficient (Wildman–Crippen LogP) is 4.86. The number of rotatable bonds is 7. The summed E-state index contributed by atoms with van der Waals surface area (Å²) >= 11 is 12.5. The number of ether oxygens (including phenoxy) is 1. The topological polar surface area (TPSA) is 44.8 Å². The zero-order chi connectivity index (χ0) is 26.3. The lowest BCUT2D eigenvalue weighted by Gasteiger charge is -2.36. The van der Waals surface area contributed by atoms with E-state index in [-0.39, 0.29) is 24.3 Å². The van der Waals surface area contributed by atoms with Gasteiger partial charge in [-0.05, 0) is 49.5 Å². The molecule has 30 heavy (non-hydrogen) atoms. The minimum absolute atomic E-state index is 0.0500. The van der Waals surface area contributed by atoms with Gasteiger partial charge < -0.3 is 15.0 Å². The van der Waals surface area contributed by atoms with Crippen LogP contribution < -0.4 is 15.0 Å². The lowest BCUT2D eigenvalue weighted by atomic mass is 10.0. The molecule has 0 bridgehead atoms. The van der Waals surface area contributed by atoms with Crippen LogP contribution in [0.3, 0.4) is 0 Å². The van der Waals surface area contributed by atoms with Crippen molar-refractivity contribution >= 4 is 40.5 Å². The third-order valence-electron chi connectivity index (χ3n) is 5.03. The molecule has 0 atom stereocenters. The number of anilines is 2. The van der Waals surface area contributed by atoms with Crippen LogP contribution in [0, 0.1) is 0 Å². The third kappa shape index (κ3) is 5.20. The van der Waals surface area contributed by atoms with E-state index in [0.29, 0.717) is 48.4 Å². The van der Waals surface area contributed by atoms with Gasteiger partial charge in [-0.2, -0.15) is 0 Å². The second-order valence-corrected chi connectivity index (χ2v) is 7.85. The number of carbonyl (C=O) groups is 1. The Morgan fingerprint density at radius 3 is 2.77 bits per heavy atom. The molecule has 5 nitrogen and oxygen atoms in total. The highest BCUT2D eigenvalue weighted by molar-refractivity contribution is 6.43. The van der Waals surface area contributed by atoms with E-state index in [0.717, 1.165) is 5.69 Å². The third-order valence-corrected chi connectivity index (χ3v) is 5.84. The fourth-order valence-electron chi connectivity index (χ4n) is 3.44. The van der Waals surface area contributed by atoms with E-state index in [1.807, 2.05) is 17.0 Å². The Hall–Kier alpha value is -1.95. The average Bonchev–Trinajstić information content (AvgIpc) is 2.83. The van der Waals surface area contributed by atoms with Crippen molar-refractivity contribution in [1.29, 1.82) is 0 Å². The fourth-order valence-corrected chi connectivity index (χ4v) is 3.86. The highest BCUT2D eigenvalue weighted by Gasteiger charge is 2.19. The van der Waals surface area contributed by atoms with Crippen LogP contribution >= 0.6 is 23.2 Å². The van der Waals surface area contributed by atoms with Gasteiger partial charge in [0.05, 0.1) is 22.3 Å². The Bertz CT molecular complexity index is 1140. The Labute approximate surface area is 196 Å². The maximum absolute atomic E-state index is 12.0. The molecule has 7 heteroatoms. The number of hydrogen-bond acceptors (Lipinski definition) is 4. The molecule has 2 aromatic rings. The first-order chi connectivity index (χ1) is 16.8. The lowest BCUT2D eigenvalue weighted by molar-refractivity contribution is -0.116. The fraction of sp³-hybridized carbons (Fsp3) is 0.435. The summed E-state index contributed by atoms with van der Waals surface area (Å²) in [4.78, 5) is 15.9. The molecule has 1 amide bonds. The van der Waals surface area contributed by atoms with E-state index in [2.05, 4.69) is 10.2 Å². The number of hydrogen-bond donors (Lipinski definition) is 1. The van der Waals surface area contributed by atoms with Gasteiger partial charge in [0.2, 0.25) is 5.91 Å². The minimum atomic E-state index is -2.68. The summed E-state index contributed by atoms with van der Waals surface area (Å²) in [5.41, 5.74) is 1.07. The van der Waals surface area contributed by atoms with Gasteiger partial charge in [-0.15, -0.1) is 0 Å². The SMILES string of the molecule is [2H]C([2H])(CCCOc1ccc2c(c1)NC(=O)C([2H])([2H])C2([2H])[2H])N1CCN(c2cccc(Cl)c2Cl)CC1. The van der Waals surface area contributed by atoms with Gasteiger partial charge in [0.25, 0.3) is 0 Å². The zero-order valence-electron chi connectivity index (χ0n) is 22.4. The molecule has 160 valence electrons. The number of halogens is 2. The summed E-state index contributed by atoms with van der Waals surface area (Å²) in [5, 5.41) is 3.40. The van der Waals surface area contributed by atoms with Gasteiger partial charge in [0.15, 0.2) is 0 Å². The van der Waals surface area contributed by atoms with Crippen molar-refractivity contribution in [2.24, 2.45) is 0 Å². The summed E-state index contributed by atoms with van der Waals surface area (Å²) in [6.07, 6.45) is -4.45. The summed E-state index contributed by atoms with van der Waals surface area (Å²) in [6, 6.07) is 9.90. The van der Waals surface area contributed by atoms with E-state index >= 15 is 0 Å². The highest BCUT2D eigenvalue weighted by Crippen LogP contribution is 2.33. The molecule has 0 radical (unpaired) electrons. The predicted molar refractivity (Wildman–Crippen MR) is 123 cm³/mol. The van der Waals surface area contributed by atoms with Crippen LogP contribution in [0.15, 0.2) is 36.4 Å². The van der Waals surface area contributed by atoms with Crippen molar-refractivity contribution in [3.05, 3.63) is 52.0 Å².